The molecule has 5 nitrogen and oxygen atoms in total. The lowest BCUT2D eigenvalue weighted by Crippen LogP contribution is -2.06. The lowest BCUT2D eigenvalue weighted by Gasteiger charge is -2.06. The molecule has 0 aliphatic heterocycles. The van der Waals surface area contributed by atoms with E-state index in [2.05, 4.69) is 5.32 Å². The van der Waals surface area contributed by atoms with Crippen LogP contribution in [0.25, 0.3) is 0 Å². The summed E-state index contributed by atoms with van der Waals surface area (Å²) < 4.78 is 23.1. The van der Waals surface area contributed by atoms with Gasteiger partial charge in [-0.3, -0.25) is 4.79 Å². The molecule has 0 saturated carbocycles. The molecule has 0 aliphatic rings. The average Bonchev–Trinajstić information content (AvgIpc) is 2.35. The van der Waals surface area contributed by atoms with Gasteiger partial charge in [0.05, 0.1) is 10.6 Å². The van der Waals surface area contributed by atoms with Gasteiger partial charge in [0.15, 0.2) is 9.84 Å². The van der Waals surface area contributed by atoms with Crippen LogP contribution in [-0.2, 0) is 14.6 Å². The Bertz CT molecular complexity index is 493. The SMILES string of the molecule is CCS(=O)(=O)c1ccc(NCCCC(=O)O)cc1. The second kappa shape index (κ2) is 6.39. The van der Waals surface area contributed by atoms with Gasteiger partial charge in [-0.25, -0.2) is 8.42 Å². The third-order valence-electron chi connectivity index (χ3n) is 2.49. The highest BCUT2D eigenvalue weighted by molar-refractivity contribution is 7.91. The van der Waals surface area contributed by atoms with E-state index in [1.54, 1.807) is 31.2 Å². The first-order valence-electron chi connectivity index (χ1n) is 5.74. The highest BCUT2D eigenvalue weighted by Gasteiger charge is 2.10. The number of hydrogen-bond donors (Lipinski definition) is 2. The van der Waals surface area contributed by atoms with Gasteiger partial charge in [0.2, 0.25) is 0 Å². The zero-order valence-electron chi connectivity index (χ0n) is 10.2. The smallest absolute Gasteiger partial charge is 0.303 e. The minimum Gasteiger partial charge on any atom is -0.481 e. The Morgan fingerprint density at radius 2 is 1.89 bits per heavy atom. The van der Waals surface area contributed by atoms with E-state index >= 15 is 0 Å². The monoisotopic (exact) mass is 271 g/mol. The Morgan fingerprint density at radius 1 is 1.28 bits per heavy atom. The molecule has 0 radical (unpaired) electrons. The van der Waals surface area contributed by atoms with Gasteiger partial charge in [-0.05, 0) is 30.7 Å². The van der Waals surface area contributed by atoms with Crippen LogP contribution in [0, 0.1) is 0 Å². The van der Waals surface area contributed by atoms with Crippen molar-refractivity contribution in [1.82, 2.24) is 0 Å². The molecule has 0 fully saturated rings. The van der Waals surface area contributed by atoms with Crippen LogP contribution in [-0.4, -0.2) is 31.8 Å². The van der Waals surface area contributed by atoms with Gasteiger partial charge in [0, 0.05) is 18.7 Å². The first kappa shape index (κ1) is 14.5. The molecule has 1 aromatic carbocycles. The molecular formula is C12H17NO4S. The van der Waals surface area contributed by atoms with E-state index in [0.717, 1.165) is 5.69 Å². The summed E-state index contributed by atoms with van der Waals surface area (Å²) in [6, 6.07) is 6.48. The molecule has 0 saturated heterocycles. The molecule has 0 heterocycles. The van der Waals surface area contributed by atoms with Crippen LogP contribution in [0.3, 0.4) is 0 Å². The van der Waals surface area contributed by atoms with Crippen molar-refractivity contribution in [1.29, 1.82) is 0 Å². The Balaban J connectivity index is 2.53. The predicted molar refractivity (Wildman–Crippen MR) is 69.5 cm³/mol. The topological polar surface area (TPSA) is 83.5 Å². The van der Waals surface area contributed by atoms with Crippen molar-refractivity contribution >= 4 is 21.5 Å². The normalized spacial score (nSPS) is 11.2. The molecule has 1 rings (SSSR count). The molecule has 18 heavy (non-hydrogen) atoms. The van der Waals surface area contributed by atoms with Gasteiger partial charge in [-0.1, -0.05) is 6.92 Å². The van der Waals surface area contributed by atoms with E-state index in [-0.39, 0.29) is 12.2 Å². The number of sulfone groups is 1. The van der Waals surface area contributed by atoms with E-state index in [4.69, 9.17) is 5.11 Å². The quantitative estimate of drug-likeness (QED) is 0.738. The minimum atomic E-state index is -3.16. The van der Waals surface area contributed by atoms with E-state index in [0.29, 0.717) is 17.9 Å². The van der Waals surface area contributed by atoms with Crippen molar-refractivity contribution in [3.05, 3.63) is 24.3 Å². The van der Waals surface area contributed by atoms with Crippen molar-refractivity contribution in [3.8, 4) is 0 Å². The number of hydrogen-bond acceptors (Lipinski definition) is 4. The zero-order valence-corrected chi connectivity index (χ0v) is 11.0. The van der Waals surface area contributed by atoms with Crippen LogP contribution in [0.1, 0.15) is 19.8 Å². The summed E-state index contributed by atoms with van der Waals surface area (Å²) in [7, 11) is -3.16. The standard InChI is InChI=1S/C12H17NO4S/c1-2-18(16,17)11-7-5-10(6-8-11)13-9-3-4-12(14)15/h5-8,13H,2-4,9H2,1H3,(H,14,15). The number of carboxylic acids is 1. The molecule has 0 bridgehead atoms. The number of rotatable bonds is 7. The van der Waals surface area contributed by atoms with E-state index in [1.807, 2.05) is 0 Å². The molecular weight excluding hydrogens is 254 g/mol. The summed E-state index contributed by atoms with van der Waals surface area (Å²) in [4.78, 5) is 10.6. The third-order valence-corrected chi connectivity index (χ3v) is 4.24. The summed E-state index contributed by atoms with van der Waals surface area (Å²) in [6.07, 6.45) is 0.652. The highest BCUT2D eigenvalue weighted by Crippen LogP contribution is 2.15. The number of carbonyl (C=O) groups is 1. The maximum atomic E-state index is 11.6. The van der Waals surface area contributed by atoms with Crippen LogP contribution < -0.4 is 5.32 Å². The maximum absolute atomic E-state index is 11.6. The Hall–Kier alpha value is -1.56. The van der Waals surface area contributed by atoms with Crippen LogP contribution in [0.2, 0.25) is 0 Å². The summed E-state index contributed by atoms with van der Waals surface area (Å²) in [5.74, 6) is -0.737. The van der Waals surface area contributed by atoms with Crippen LogP contribution >= 0.6 is 0 Å². The number of aliphatic carboxylic acids is 1. The first-order valence-corrected chi connectivity index (χ1v) is 7.39. The predicted octanol–water partition coefficient (Wildman–Crippen LogP) is 1.76. The molecule has 0 unspecified atom stereocenters. The lowest BCUT2D eigenvalue weighted by molar-refractivity contribution is -0.137. The van der Waals surface area contributed by atoms with Crippen molar-refractivity contribution in [3.63, 3.8) is 0 Å². The minimum absolute atomic E-state index is 0.0817. The van der Waals surface area contributed by atoms with Crippen LogP contribution in [0.4, 0.5) is 5.69 Å². The average molecular weight is 271 g/mol. The van der Waals surface area contributed by atoms with Crippen molar-refractivity contribution < 1.29 is 18.3 Å². The first-order chi connectivity index (χ1) is 8.45. The van der Waals surface area contributed by atoms with Gasteiger partial charge in [0.25, 0.3) is 0 Å². The van der Waals surface area contributed by atoms with Crippen molar-refractivity contribution in [2.75, 3.05) is 17.6 Å². The van der Waals surface area contributed by atoms with Gasteiger partial charge >= 0.3 is 5.97 Å². The molecule has 0 aliphatic carbocycles. The van der Waals surface area contributed by atoms with Crippen molar-refractivity contribution in [2.45, 2.75) is 24.7 Å². The summed E-state index contributed by atoms with van der Waals surface area (Å²) in [6.45, 7) is 2.15. The highest BCUT2D eigenvalue weighted by atomic mass is 32.2. The fraction of sp³-hybridized carbons (Fsp3) is 0.417. The summed E-state index contributed by atoms with van der Waals surface area (Å²) >= 11 is 0. The second-order valence-corrected chi connectivity index (χ2v) is 6.13. The van der Waals surface area contributed by atoms with Gasteiger partial charge in [-0.15, -0.1) is 0 Å². The molecule has 1 aromatic rings. The van der Waals surface area contributed by atoms with Gasteiger partial charge in [-0.2, -0.15) is 0 Å². The second-order valence-electron chi connectivity index (χ2n) is 3.85. The van der Waals surface area contributed by atoms with Crippen LogP contribution in [0.5, 0.6) is 0 Å². The summed E-state index contributed by atoms with van der Waals surface area (Å²) in [5.41, 5.74) is 0.787. The Labute approximate surface area is 107 Å². The molecule has 6 heteroatoms. The van der Waals surface area contributed by atoms with Gasteiger partial charge < -0.3 is 10.4 Å². The van der Waals surface area contributed by atoms with Crippen molar-refractivity contribution in [2.24, 2.45) is 0 Å². The lowest BCUT2D eigenvalue weighted by atomic mass is 10.3. The number of carboxylic acid groups (broad SMARTS) is 1. The number of nitrogens with one attached hydrogen (secondary N) is 1. The fourth-order valence-electron chi connectivity index (χ4n) is 1.42. The van der Waals surface area contributed by atoms with E-state index in [1.165, 1.54) is 0 Å². The molecule has 0 spiro atoms. The number of anilines is 1. The molecule has 0 atom stereocenters. The zero-order chi connectivity index (χ0) is 13.6. The summed E-state index contributed by atoms with van der Waals surface area (Å²) in [5, 5.41) is 11.5. The Kier molecular flexibility index (Phi) is 5.15. The molecule has 0 aromatic heterocycles. The van der Waals surface area contributed by atoms with Gasteiger partial charge in [0.1, 0.15) is 0 Å². The number of benzene rings is 1. The van der Waals surface area contributed by atoms with Crippen LogP contribution in [0.15, 0.2) is 29.2 Å². The Morgan fingerprint density at radius 3 is 2.39 bits per heavy atom. The molecule has 0 amide bonds. The molecule has 100 valence electrons. The maximum Gasteiger partial charge on any atom is 0.303 e. The van der Waals surface area contributed by atoms with E-state index in [9.17, 15) is 13.2 Å². The molecule has 2 N–H and O–H groups in total. The van der Waals surface area contributed by atoms with E-state index < -0.39 is 15.8 Å². The third kappa shape index (κ3) is 4.37. The fourth-order valence-corrected chi connectivity index (χ4v) is 2.30. The largest absolute Gasteiger partial charge is 0.481 e.